The van der Waals surface area contributed by atoms with Crippen LogP contribution in [0.5, 0.6) is 0 Å². The van der Waals surface area contributed by atoms with Crippen molar-refractivity contribution in [2.45, 2.75) is 56.0 Å². The fourth-order valence-corrected chi connectivity index (χ4v) is 6.37. The molecule has 3 N–H and O–H groups in total. The van der Waals surface area contributed by atoms with E-state index in [-0.39, 0.29) is 50.1 Å². The van der Waals surface area contributed by atoms with Crippen LogP contribution in [0, 0.1) is 0 Å². The monoisotopic (exact) mass is 652 g/mol. The second-order valence-corrected chi connectivity index (χ2v) is 11.4. The van der Waals surface area contributed by atoms with Gasteiger partial charge in [-0.05, 0) is 61.4 Å². The molecule has 2 aliphatic rings. The van der Waals surface area contributed by atoms with Crippen LogP contribution in [-0.2, 0) is 26.8 Å². The molecule has 2 aromatic carbocycles. The number of benzene rings is 2. The maximum absolute atomic E-state index is 13.9. The summed E-state index contributed by atoms with van der Waals surface area (Å²) in [5, 5.41) is 15.1. The number of carbonyl (C=O) groups excluding carboxylic acids is 3. The zero-order chi connectivity index (χ0) is 30.7. The van der Waals surface area contributed by atoms with Crippen LogP contribution in [0.1, 0.15) is 65.6 Å². The zero-order valence-corrected chi connectivity index (χ0v) is 27.3. The Bertz CT molecular complexity index is 1610. The van der Waals surface area contributed by atoms with Gasteiger partial charge in [0.25, 0.3) is 11.5 Å². The number of aromatic nitrogens is 1. The number of aryl methyl sites for hydroxylation is 1. The van der Waals surface area contributed by atoms with Crippen LogP contribution in [0.4, 0.5) is 0 Å². The first-order valence-corrected chi connectivity index (χ1v) is 14.6. The second-order valence-electron chi connectivity index (χ2n) is 11.4. The topological polar surface area (TPSA) is 138 Å². The highest BCUT2D eigenvalue weighted by atomic mass is 32.1. The number of carboxylic acid groups (broad SMARTS) is 1. The third kappa shape index (κ3) is 6.96. The van der Waals surface area contributed by atoms with Gasteiger partial charge in [-0.3, -0.25) is 24.0 Å². The minimum atomic E-state index is -1.15. The summed E-state index contributed by atoms with van der Waals surface area (Å²) in [6.45, 7) is 2.34. The molecule has 0 bridgehead atoms. The van der Waals surface area contributed by atoms with Crippen LogP contribution in [0.15, 0.2) is 77.7 Å². The number of nitrogens with one attached hydrogen (secondary N) is 2. The van der Waals surface area contributed by atoms with E-state index >= 15 is 0 Å². The molecule has 240 valence electrons. The highest BCUT2D eigenvalue weighted by molar-refractivity contribution is 7.59. The Morgan fingerprint density at radius 1 is 0.911 bits per heavy atom. The van der Waals surface area contributed by atoms with Crippen LogP contribution in [0.25, 0.3) is 0 Å². The molecule has 1 fully saturated rings. The first-order chi connectivity index (χ1) is 20.6. The van der Waals surface area contributed by atoms with Crippen LogP contribution in [0.2, 0.25) is 0 Å². The van der Waals surface area contributed by atoms with E-state index in [1.165, 1.54) is 17.6 Å². The van der Waals surface area contributed by atoms with Gasteiger partial charge < -0.3 is 25.2 Å². The molecule has 1 aliphatic heterocycles. The lowest BCUT2D eigenvalue weighted by Gasteiger charge is -2.43. The fraction of sp³-hybridized carbons (Fsp3) is 0.364. The van der Waals surface area contributed by atoms with Crippen LogP contribution < -0.4 is 16.2 Å². The van der Waals surface area contributed by atoms with Gasteiger partial charge in [0, 0.05) is 32.4 Å². The predicted octanol–water partition coefficient (Wildman–Crippen LogP) is 2.78. The lowest BCUT2D eigenvalue weighted by Crippen LogP contribution is -2.53. The van der Waals surface area contributed by atoms with Crippen LogP contribution in [-0.4, -0.2) is 63.4 Å². The smallest absolute Gasteiger partial charge is 0.325 e. The van der Waals surface area contributed by atoms with Gasteiger partial charge in [0.15, 0.2) is 0 Å². The summed E-state index contributed by atoms with van der Waals surface area (Å²) in [6, 6.07) is 18.7. The molecular weight excluding hydrogens is 613 g/mol. The number of hydrogen-bond acceptors (Lipinski definition) is 5. The molecule has 3 amide bonds. The summed E-state index contributed by atoms with van der Waals surface area (Å²) in [4.78, 5) is 66.4. The fourth-order valence-electron chi connectivity index (χ4n) is 6.37. The van der Waals surface area contributed by atoms with Gasteiger partial charge in [-0.2, -0.15) is 27.0 Å². The molecule has 2 heterocycles. The average Bonchev–Trinajstić information content (AvgIpc) is 3.02. The highest BCUT2D eigenvalue weighted by Crippen LogP contribution is 2.48. The Hall–Kier alpha value is -4.03. The molecule has 3 aromatic rings. The number of piperidine rings is 1. The SMILES string of the molecule is C[C@H](NC(=O)[C@@]1(c2ccccc2)CC[C@H](C(=O)N2CCC(NC(=O)c3cccn(C)c3=O)CC2)c2ccccc21)C(=O)O.S.S. The lowest BCUT2D eigenvalue weighted by molar-refractivity contribution is -0.142. The molecule has 5 rings (SSSR count). The number of aliphatic carboxylic acids is 1. The maximum atomic E-state index is 13.9. The number of amides is 3. The molecule has 0 unspecified atom stereocenters. The summed E-state index contributed by atoms with van der Waals surface area (Å²) in [6.07, 6.45) is 3.46. The van der Waals surface area contributed by atoms with Crippen molar-refractivity contribution < 1.29 is 24.3 Å². The van der Waals surface area contributed by atoms with E-state index in [0.717, 1.165) is 11.1 Å². The van der Waals surface area contributed by atoms with Crippen molar-refractivity contribution in [2.24, 2.45) is 7.05 Å². The number of carboxylic acids is 1. The summed E-state index contributed by atoms with van der Waals surface area (Å²) in [5.41, 5.74) is 0.786. The van der Waals surface area contributed by atoms with Crippen LogP contribution >= 0.6 is 27.0 Å². The lowest BCUT2D eigenvalue weighted by atomic mass is 9.62. The zero-order valence-electron chi connectivity index (χ0n) is 25.3. The van der Waals surface area contributed by atoms with Gasteiger partial charge in [-0.25, -0.2) is 0 Å². The van der Waals surface area contributed by atoms with E-state index < -0.39 is 35.2 Å². The number of pyridine rings is 1. The Kier molecular flexibility index (Phi) is 11.7. The first kappa shape index (κ1) is 35.4. The van der Waals surface area contributed by atoms with E-state index in [9.17, 15) is 29.1 Å². The van der Waals surface area contributed by atoms with Crippen molar-refractivity contribution >= 4 is 50.7 Å². The Morgan fingerprint density at radius 3 is 2.22 bits per heavy atom. The van der Waals surface area contributed by atoms with Crippen molar-refractivity contribution in [1.82, 2.24) is 20.1 Å². The van der Waals surface area contributed by atoms with E-state index in [0.29, 0.717) is 44.3 Å². The van der Waals surface area contributed by atoms with Gasteiger partial charge >= 0.3 is 5.97 Å². The van der Waals surface area contributed by atoms with Gasteiger partial charge in [0.05, 0.1) is 11.3 Å². The minimum Gasteiger partial charge on any atom is -0.480 e. The van der Waals surface area contributed by atoms with Gasteiger partial charge in [0.2, 0.25) is 11.8 Å². The molecule has 0 saturated carbocycles. The molecule has 0 spiro atoms. The van der Waals surface area contributed by atoms with Gasteiger partial charge in [0.1, 0.15) is 11.6 Å². The molecule has 3 atom stereocenters. The summed E-state index contributed by atoms with van der Waals surface area (Å²) in [7, 11) is 1.60. The molecule has 1 saturated heterocycles. The average molecular weight is 653 g/mol. The van der Waals surface area contributed by atoms with Crippen molar-refractivity contribution in [1.29, 1.82) is 0 Å². The quantitative estimate of drug-likeness (QED) is 0.359. The van der Waals surface area contributed by atoms with Gasteiger partial charge in [-0.15, -0.1) is 0 Å². The highest BCUT2D eigenvalue weighted by Gasteiger charge is 2.49. The van der Waals surface area contributed by atoms with Gasteiger partial charge in [-0.1, -0.05) is 54.6 Å². The van der Waals surface area contributed by atoms with Crippen LogP contribution in [0.3, 0.4) is 0 Å². The molecule has 0 radical (unpaired) electrons. The second kappa shape index (κ2) is 14.8. The number of nitrogens with zero attached hydrogens (tertiary/aromatic N) is 2. The van der Waals surface area contributed by atoms with E-state index in [1.54, 1.807) is 19.3 Å². The van der Waals surface area contributed by atoms with Crippen molar-refractivity contribution in [2.75, 3.05) is 13.1 Å². The number of hydrogen-bond donors (Lipinski definition) is 3. The third-order valence-corrected chi connectivity index (χ3v) is 8.78. The first-order valence-electron chi connectivity index (χ1n) is 14.6. The largest absolute Gasteiger partial charge is 0.480 e. The Labute approximate surface area is 276 Å². The Balaban J connectivity index is 0.00000276. The molecular formula is C33H40N4O6S2. The van der Waals surface area contributed by atoms with E-state index in [4.69, 9.17) is 0 Å². The minimum absolute atomic E-state index is 0. The van der Waals surface area contributed by atoms with E-state index in [1.807, 2.05) is 59.5 Å². The predicted molar refractivity (Wildman–Crippen MR) is 180 cm³/mol. The molecule has 1 aromatic heterocycles. The summed E-state index contributed by atoms with van der Waals surface area (Å²) >= 11 is 0. The maximum Gasteiger partial charge on any atom is 0.325 e. The number of likely N-dealkylation sites (tertiary alicyclic amines) is 1. The van der Waals surface area contributed by atoms with Crippen molar-refractivity contribution in [3.05, 3.63) is 106 Å². The number of carbonyl (C=O) groups is 4. The molecule has 45 heavy (non-hydrogen) atoms. The number of fused-ring (bicyclic) bond motifs is 1. The van der Waals surface area contributed by atoms with E-state index in [2.05, 4.69) is 10.6 Å². The van der Waals surface area contributed by atoms with Crippen molar-refractivity contribution in [3.63, 3.8) is 0 Å². The van der Waals surface area contributed by atoms with Crippen molar-refractivity contribution in [3.8, 4) is 0 Å². The molecule has 10 nitrogen and oxygen atoms in total. The third-order valence-electron chi connectivity index (χ3n) is 8.78. The molecule has 12 heteroatoms. The standard InChI is InChI=1S/C33H36N4O6.2H2S/c1-21(31(41)42)34-32(43)33(22-9-4-3-5-10-22)17-14-25(24-11-6-7-13-27(24)33)30(40)37-19-15-23(16-20-37)35-28(38)26-12-8-18-36(2)29(26)39;;/h3-13,18,21,23,25H,14-17,19-20H2,1-2H3,(H,34,43)(H,35,38)(H,41,42);2*1H2/t21-,25-,33+;;/m0../s1. The number of rotatable bonds is 7. The normalized spacial score (nSPS) is 20.0. The summed E-state index contributed by atoms with van der Waals surface area (Å²) in [5.74, 6) is -2.44. The molecule has 1 aliphatic carbocycles. The summed E-state index contributed by atoms with van der Waals surface area (Å²) < 4.78 is 1.36. The Morgan fingerprint density at radius 2 is 1.56 bits per heavy atom.